The Bertz CT molecular complexity index is 786. The zero-order chi connectivity index (χ0) is 19.4. The summed E-state index contributed by atoms with van der Waals surface area (Å²) in [5, 5.41) is 3.25. The minimum atomic E-state index is -0.221. The summed E-state index contributed by atoms with van der Waals surface area (Å²) in [5.41, 5.74) is 1.86. The van der Waals surface area contributed by atoms with Crippen LogP contribution in [0.25, 0.3) is 0 Å². The van der Waals surface area contributed by atoms with Crippen LogP contribution in [0.2, 0.25) is 0 Å². The molecule has 1 heterocycles. The van der Waals surface area contributed by atoms with Crippen molar-refractivity contribution in [3.05, 3.63) is 59.7 Å². The number of methoxy groups -OCH3 is 1. The van der Waals surface area contributed by atoms with Crippen molar-refractivity contribution >= 4 is 19.2 Å². The van der Waals surface area contributed by atoms with Crippen LogP contribution in [0.15, 0.2) is 48.5 Å². The summed E-state index contributed by atoms with van der Waals surface area (Å²) >= 11 is 0. The molecule has 1 fully saturated rings. The predicted molar refractivity (Wildman–Crippen MR) is 110 cm³/mol. The number of hydrogen-bond donors (Lipinski definition) is 1. The molecule has 0 aromatic heterocycles. The summed E-state index contributed by atoms with van der Waals surface area (Å²) < 4.78 is 5.37. The number of nitrogens with zero attached hydrogens (tertiary/aromatic N) is 1. The Morgan fingerprint density at radius 1 is 1.15 bits per heavy atom. The molecule has 4 nitrogen and oxygen atoms in total. The molecule has 1 amide bonds. The summed E-state index contributed by atoms with van der Waals surface area (Å²) in [6, 6.07) is 15.1. The van der Waals surface area contributed by atoms with Gasteiger partial charge in [0.15, 0.2) is 0 Å². The second kappa shape index (κ2) is 8.18. The second-order valence-electron chi connectivity index (χ2n) is 7.62. The fourth-order valence-corrected chi connectivity index (χ4v) is 3.90. The van der Waals surface area contributed by atoms with Crippen LogP contribution >= 0.6 is 0 Å². The van der Waals surface area contributed by atoms with Crippen LogP contribution in [0.4, 0.5) is 0 Å². The van der Waals surface area contributed by atoms with Gasteiger partial charge < -0.3 is 10.1 Å². The van der Waals surface area contributed by atoms with E-state index in [9.17, 15) is 4.79 Å². The highest BCUT2D eigenvalue weighted by Gasteiger charge is 2.38. The first-order valence-corrected chi connectivity index (χ1v) is 9.48. The van der Waals surface area contributed by atoms with Gasteiger partial charge in [0.25, 0.3) is 5.91 Å². The maximum Gasteiger partial charge on any atom is 0.255 e. The topological polar surface area (TPSA) is 41.6 Å². The van der Waals surface area contributed by atoms with Gasteiger partial charge in [-0.05, 0) is 51.4 Å². The van der Waals surface area contributed by atoms with Crippen LogP contribution in [-0.4, -0.2) is 44.4 Å². The first-order chi connectivity index (χ1) is 12.9. The molecule has 2 radical (unpaired) electrons. The Morgan fingerprint density at radius 3 is 2.44 bits per heavy atom. The molecule has 1 N–H and O–H groups in total. The van der Waals surface area contributed by atoms with E-state index in [1.807, 2.05) is 18.2 Å². The number of rotatable bonds is 6. The lowest BCUT2D eigenvalue weighted by molar-refractivity contribution is 0.0776. The lowest BCUT2D eigenvalue weighted by Gasteiger charge is -2.42. The first kappa shape index (κ1) is 19.5. The van der Waals surface area contributed by atoms with Crippen LogP contribution in [0.3, 0.4) is 0 Å². The summed E-state index contributed by atoms with van der Waals surface area (Å²) in [5.74, 6) is 0.341. The van der Waals surface area contributed by atoms with Crippen molar-refractivity contribution in [1.82, 2.24) is 10.2 Å². The van der Waals surface area contributed by atoms with E-state index in [2.05, 4.69) is 36.2 Å². The molecule has 1 atom stereocenters. The summed E-state index contributed by atoms with van der Waals surface area (Å²) in [7, 11) is 7.46. The highest BCUT2D eigenvalue weighted by Crippen LogP contribution is 2.34. The van der Waals surface area contributed by atoms with E-state index in [4.69, 9.17) is 12.6 Å². The molecule has 2 aromatic carbocycles. The SMILES string of the molecule is [B]c1ccc(OC)c(C(=O)NC(c2ccccc2)C(C)(C)N2CCCC2)c1. The minimum absolute atomic E-state index is 0.157. The maximum atomic E-state index is 13.2. The van der Waals surface area contributed by atoms with Gasteiger partial charge in [0.05, 0.1) is 18.7 Å². The van der Waals surface area contributed by atoms with Crippen LogP contribution in [0, 0.1) is 0 Å². The third-order valence-electron chi connectivity index (χ3n) is 5.50. The zero-order valence-corrected chi connectivity index (χ0v) is 16.4. The van der Waals surface area contributed by atoms with Crippen molar-refractivity contribution < 1.29 is 9.53 Å². The molecule has 3 rings (SSSR count). The molecule has 1 aliphatic rings. The summed E-state index contributed by atoms with van der Waals surface area (Å²) in [6.07, 6.45) is 2.39. The Balaban J connectivity index is 1.94. The van der Waals surface area contributed by atoms with Crippen LogP contribution in [0.5, 0.6) is 5.75 Å². The lowest BCUT2D eigenvalue weighted by Crippen LogP contribution is -2.52. The Kier molecular flexibility index (Phi) is 5.90. The highest BCUT2D eigenvalue weighted by atomic mass is 16.5. The third-order valence-corrected chi connectivity index (χ3v) is 5.50. The van der Waals surface area contributed by atoms with Gasteiger partial charge in [-0.15, -0.1) is 0 Å². The van der Waals surface area contributed by atoms with Crippen molar-refractivity contribution in [2.45, 2.75) is 38.3 Å². The molecular formula is C22H27BN2O2. The highest BCUT2D eigenvalue weighted by molar-refractivity contribution is 6.32. The second-order valence-corrected chi connectivity index (χ2v) is 7.62. The molecule has 27 heavy (non-hydrogen) atoms. The van der Waals surface area contributed by atoms with Crippen molar-refractivity contribution in [3.63, 3.8) is 0 Å². The predicted octanol–water partition coefficient (Wildman–Crippen LogP) is 2.83. The number of nitrogens with one attached hydrogen (secondary N) is 1. The Morgan fingerprint density at radius 2 is 1.81 bits per heavy atom. The van der Waals surface area contributed by atoms with Gasteiger partial charge in [-0.1, -0.05) is 47.9 Å². The largest absolute Gasteiger partial charge is 0.496 e. The molecule has 140 valence electrons. The fraction of sp³-hybridized carbons (Fsp3) is 0.409. The Labute approximate surface area is 163 Å². The summed E-state index contributed by atoms with van der Waals surface area (Å²) in [6.45, 7) is 6.50. The quantitative estimate of drug-likeness (QED) is 0.804. The van der Waals surface area contributed by atoms with E-state index in [0.29, 0.717) is 16.8 Å². The number of benzene rings is 2. The number of amides is 1. The smallest absolute Gasteiger partial charge is 0.255 e. The normalized spacial score (nSPS) is 16.1. The van der Waals surface area contributed by atoms with Crippen molar-refractivity contribution in [3.8, 4) is 5.75 Å². The zero-order valence-electron chi connectivity index (χ0n) is 16.4. The van der Waals surface area contributed by atoms with E-state index < -0.39 is 0 Å². The van der Waals surface area contributed by atoms with E-state index >= 15 is 0 Å². The van der Waals surface area contributed by atoms with E-state index in [-0.39, 0.29) is 17.5 Å². The van der Waals surface area contributed by atoms with Crippen LogP contribution < -0.4 is 15.5 Å². The number of hydrogen-bond acceptors (Lipinski definition) is 3. The standard InChI is InChI=1S/C22H27BN2O2/c1-22(2,25-13-7-8-14-25)20(16-9-5-4-6-10-16)24-21(26)18-15-17(23)11-12-19(18)27-3/h4-6,9-12,15,20H,7-8,13-14H2,1-3H3,(H,24,26). The average Bonchev–Trinajstić information content (AvgIpc) is 3.22. The van der Waals surface area contributed by atoms with E-state index in [0.717, 1.165) is 18.7 Å². The van der Waals surface area contributed by atoms with Gasteiger partial charge in [0.2, 0.25) is 0 Å². The number of likely N-dealkylation sites (tertiary alicyclic amines) is 1. The molecule has 0 bridgehead atoms. The van der Waals surface area contributed by atoms with Crippen molar-refractivity contribution in [2.75, 3.05) is 20.2 Å². The van der Waals surface area contributed by atoms with E-state index in [1.165, 1.54) is 12.8 Å². The molecule has 5 heteroatoms. The molecule has 2 aromatic rings. The molecule has 1 saturated heterocycles. The van der Waals surface area contributed by atoms with Gasteiger partial charge >= 0.3 is 0 Å². The third kappa shape index (κ3) is 4.19. The van der Waals surface area contributed by atoms with Crippen molar-refractivity contribution in [1.29, 1.82) is 0 Å². The van der Waals surface area contributed by atoms with Gasteiger partial charge in [0.1, 0.15) is 13.6 Å². The van der Waals surface area contributed by atoms with Gasteiger partial charge in [-0.2, -0.15) is 0 Å². The van der Waals surface area contributed by atoms with E-state index in [1.54, 1.807) is 25.3 Å². The summed E-state index contributed by atoms with van der Waals surface area (Å²) in [4.78, 5) is 15.6. The van der Waals surface area contributed by atoms with Gasteiger partial charge in [-0.3, -0.25) is 9.69 Å². The number of carbonyl (C=O) groups is 1. The number of ether oxygens (including phenoxy) is 1. The molecule has 1 unspecified atom stereocenters. The van der Waals surface area contributed by atoms with Crippen molar-refractivity contribution in [2.24, 2.45) is 0 Å². The minimum Gasteiger partial charge on any atom is -0.496 e. The lowest BCUT2D eigenvalue weighted by atomic mass is 9.86. The van der Waals surface area contributed by atoms with Gasteiger partial charge in [-0.25, -0.2) is 0 Å². The Hall–Kier alpha value is -2.27. The first-order valence-electron chi connectivity index (χ1n) is 9.48. The van der Waals surface area contributed by atoms with Crippen LogP contribution in [0.1, 0.15) is 48.7 Å². The van der Waals surface area contributed by atoms with Crippen LogP contribution in [-0.2, 0) is 0 Å². The number of carbonyl (C=O) groups excluding carboxylic acids is 1. The molecule has 1 aliphatic heterocycles. The fourth-order valence-electron chi connectivity index (χ4n) is 3.90. The van der Waals surface area contributed by atoms with Gasteiger partial charge in [0, 0.05) is 5.54 Å². The average molecular weight is 362 g/mol. The molecule has 0 aliphatic carbocycles. The monoisotopic (exact) mass is 362 g/mol. The molecule has 0 spiro atoms. The maximum absolute atomic E-state index is 13.2. The molecule has 0 saturated carbocycles. The molecular weight excluding hydrogens is 335 g/mol.